The molecule has 0 fully saturated rings. The molecule has 0 saturated carbocycles. The molecule has 0 atom stereocenters. The molecule has 1 aromatic rings. The minimum absolute atomic E-state index is 0.608. The van der Waals surface area contributed by atoms with Gasteiger partial charge in [-0.15, -0.1) is 0 Å². The molecule has 0 spiro atoms. The van der Waals surface area contributed by atoms with Gasteiger partial charge in [-0.2, -0.15) is 0 Å². The first-order valence-electron chi connectivity index (χ1n) is 5.60. The summed E-state index contributed by atoms with van der Waals surface area (Å²) in [6.45, 7) is 33.4. The molecule has 0 aromatic heterocycles. The second kappa shape index (κ2) is 4.36. The maximum atomic E-state index is 6.09. The van der Waals surface area contributed by atoms with Gasteiger partial charge in [0.15, 0.2) is 0 Å². The highest BCUT2D eigenvalue weighted by atomic mass is 127. The molecule has 0 N–H and O–H groups in total. The van der Waals surface area contributed by atoms with Gasteiger partial charge in [-0.05, 0) is 98.4 Å². The summed E-state index contributed by atoms with van der Waals surface area (Å²) in [6, 6.07) is 3.68. The van der Waals surface area contributed by atoms with Gasteiger partial charge in [0, 0.05) is 14.4 Å². The highest BCUT2D eigenvalue weighted by Gasteiger charge is 2.33. The van der Waals surface area contributed by atoms with Gasteiger partial charge in [0.1, 0.15) is 0 Å². The molecule has 18 heavy (non-hydrogen) atoms. The van der Waals surface area contributed by atoms with E-state index in [0.29, 0.717) is 12.0 Å². The zero-order chi connectivity index (χ0) is 13.7. The standard InChI is InChI=1S/C17H13I/c1-11(18)14-9-12(16(2,3)4)10-15-13(14)7-8-17(15,5)6/h2-6,9-10H,1,7-8H2. The van der Waals surface area contributed by atoms with Crippen molar-refractivity contribution >= 4 is 26.2 Å². The smallest absolute Gasteiger partial charge is 0.0133 e. The van der Waals surface area contributed by atoms with Crippen LogP contribution in [-0.2, 0) is 17.3 Å². The van der Waals surface area contributed by atoms with Crippen LogP contribution in [0.5, 0.6) is 0 Å². The zero-order valence-electron chi connectivity index (χ0n) is 10.0. The van der Waals surface area contributed by atoms with Crippen LogP contribution in [-0.4, -0.2) is 0 Å². The van der Waals surface area contributed by atoms with Gasteiger partial charge in [-0.1, -0.05) is 12.6 Å². The fourth-order valence-electron chi connectivity index (χ4n) is 2.32. The third kappa shape index (κ3) is 2.38. The summed E-state index contributed by atoms with van der Waals surface area (Å²) in [5.41, 5.74) is 1.31. The second-order valence-electron chi connectivity index (χ2n) is 4.93. The Labute approximate surface area is 125 Å². The van der Waals surface area contributed by atoms with Crippen molar-refractivity contribution in [2.24, 2.45) is 0 Å². The minimum Gasteiger partial charge on any atom is -0.0850 e. The van der Waals surface area contributed by atoms with Gasteiger partial charge >= 0.3 is 0 Å². The predicted octanol–water partition coefficient (Wildman–Crippen LogP) is 4.07. The zero-order valence-corrected chi connectivity index (χ0v) is 12.2. The van der Waals surface area contributed by atoms with Gasteiger partial charge in [0.25, 0.3) is 0 Å². The van der Waals surface area contributed by atoms with Crippen LogP contribution in [0.15, 0.2) is 18.7 Å². The van der Waals surface area contributed by atoms with Gasteiger partial charge in [-0.3, -0.25) is 0 Å². The van der Waals surface area contributed by atoms with Crippen LogP contribution in [0.25, 0.3) is 3.58 Å². The summed E-state index contributed by atoms with van der Waals surface area (Å²) in [5, 5.41) is 0. The second-order valence-corrected chi connectivity index (χ2v) is 6.23. The maximum absolute atomic E-state index is 6.09. The van der Waals surface area contributed by atoms with E-state index >= 15 is 0 Å². The normalized spacial score (nSPS) is 17.7. The van der Waals surface area contributed by atoms with Crippen LogP contribution in [0.1, 0.15) is 28.7 Å². The van der Waals surface area contributed by atoms with Crippen molar-refractivity contribution in [1.82, 2.24) is 0 Å². The number of rotatable bonds is 2. The molecule has 1 aromatic carbocycles. The summed E-state index contributed by atoms with van der Waals surface area (Å²) in [7, 11) is 0. The van der Waals surface area contributed by atoms with E-state index < -0.39 is 10.8 Å². The number of hydrogen-bond donors (Lipinski definition) is 0. The first kappa shape index (κ1) is 14.1. The Morgan fingerprint density at radius 3 is 2.39 bits per heavy atom. The van der Waals surface area contributed by atoms with E-state index in [4.69, 9.17) is 34.6 Å². The van der Waals surface area contributed by atoms with Crippen molar-refractivity contribution in [1.29, 1.82) is 0 Å². The SMILES string of the molecule is [CH]C([CH])([CH])c1cc(C(=C)I)c2c(c1)C([CH])([CH])CC2. The molecule has 0 aliphatic heterocycles. The minimum atomic E-state index is -1.41. The first-order valence-corrected chi connectivity index (χ1v) is 6.68. The Bertz CT molecular complexity index is 501. The Hall–Kier alpha value is -0.310. The third-order valence-electron chi connectivity index (χ3n) is 3.33. The molecule has 0 saturated heterocycles. The van der Waals surface area contributed by atoms with Crippen LogP contribution >= 0.6 is 22.6 Å². The lowest BCUT2D eigenvalue weighted by atomic mass is 9.79. The van der Waals surface area contributed by atoms with Crippen molar-refractivity contribution in [2.75, 3.05) is 0 Å². The summed E-state index contributed by atoms with van der Waals surface area (Å²) < 4.78 is 0.896. The molecule has 0 bridgehead atoms. The molecule has 10 radical (unpaired) electrons. The van der Waals surface area contributed by atoms with Gasteiger partial charge in [0.05, 0.1) is 0 Å². The molecular formula is C17H13I. The molecule has 1 aliphatic carbocycles. The average Bonchev–Trinajstić information content (AvgIpc) is 2.52. The predicted molar refractivity (Wildman–Crippen MR) is 82.7 cm³/mol. The van der Waals surface area contributed by atoms with Gasteiger partial charge in [-0.25, -0.2) is 0 Å². The fourth-order valence-corrected chi connectivity index (χ4v) is 2.80. The monoisotopic (exact) mass is 344 g/mol. The van der Waals surface area contributed by atoms with E-state index in [1.54, 1.807) is 0 Å². The summed E-state index contributed by atoms with van der Waals surface area (Å²) in [5.74, 6) is 0. The van der Waals surface area contributed by atoms with Crippen molar-refractivity contribution in [3.05, 3.63) is 75.6 Å². The molecule has 0 nitrogen and oxygen atoms in total. The Morgan fingerprint density at radius 1 is 1.28 bits per heavy atom. The Morgan fingerprint density at radius 2 is 1.89 bits per heavy atom. The summed E-state index contributed by atoms with van der Waals surface area (Å²) in [4.78, 5) is 0. The van der Waals surface area contributed by atoms with Crippen LogP contribution in [0.2, 0.25) is 0 Å². The lowest BCUT2D eigenvalue weighted by molar-refractivity contribution is 0.649. The first-order chi connectivity index (χ1) is 8.13. The summed E-state index contributed by atoms with van der Waals surface area (Å²) in [6.07, 6.45) is 1.52. The molecule has 0 amide bonds. The van der Waals surface area contributed by atoms with Crippen molar-refractivity contribution in [2.45, 2.75) is 23.7 Å². The number of hydrogen-bond acceptors (Lipinski definition) is 0. The Kier molecular flexibility index (Phi) is 3.42. The average molecular weight is 344 g/mol. The van der Waals surface area contributed by atoms with Crippen LogP contribution in [0.4, 0.5) is 0 Å². The van der Waals surface area contributed by atoms with E-state index in [-0.39, 0.29) is 0 Å². The summed E-state index contributed by atoms with van der Waals surface area (Å²) >= 11 is 2.16. The third-order valence-corrected chi connectivity index (χ3v) is 3.91. The molecule has 1 heteroatoms. The molecule has 2 rings (SSSR count). The Balaban J connectivity index is 2.71. The van der Waals surface area contributed by atoms with E-state index in [2.05, 4.69) is 29.2 Å². The number of benzene rings is 1. The quantitative estimate of drug-likeness (QED) is 0.710. The molecular weight excluding hydrogens is 331 g/mol. The molecule has 1 aliphatic rings. The van der Waals surface area contributed by atoms with Crippen LogP contribution in [0, 0.1) is 34.6 Å². The molecule has 0 unspecified atom stereocenters. The fraction of sp³-hybridized carbons (Fsp3) is 0.235. The number of halogens is 1. The van der Waals surface area contributed by atoms with Gasteiger partial charge in [0.2, 0.25) is 0 Å². The van der Waals surface area contributed by atoms with E-state index in [9.17, 15) is 0 Å². The largest absolute Gasteiger partial charge is 0.0850 e. The topological polar surface area (TPSA) is 0 Å². The number of fused-ring (bicyclic) bond motifs is 1. The maximum Gasteiger partial charge on any atom is 0.0133 e. The van der Waals surface area contributed by atoms with Crippen molar-refractivity contribution in [3.63, 3.8) is 0 Å². The highest BCUT2D eigenvalue weighted by Crippen LogP contribution is 2.43. The van der Waals surface area contributed by atoms with Crippen molar-refractivity contribution < 1.29 is 0 Å². The molecule has 88 valence electrons. The van der Waals surface area contributed by atoms with E-state index in [1.165, 1.54) is 0 Å². The van der Waals surface area contributed by atoms with Crippen LogP contribution < -0.4 is 0 Å². The van der Waals surface area contributed by atoms with Crippen LogP contribution in [0.3, 0.4) is 0 Å². The van der Waals surface area contributed by atoms with E-state index in [1.807, 2.05) is 12.1 Å². The molecule has 0 heterocycles. The van der Waals surface area contributed by atoms with Crippen molar-refractivity contribution in [3.8, 4) is 0 Å². The van der Waals surface area contributed by atoms with Gasteiger partial charge < -0.3 is 0 Å². The van der Waals surface area contributed by atoms with E-state index in [0.717, 1.165) is 26.7 Å². The lowest BCUT2D eigenvalue weighted by Crippen LogP contribution is -2.18. The highest BCUT2D eigenvalue weighted by molar-refractivity contribution is 14.1. The lowest BCUT2D eigenvalue weighted by Gasteiger charge is -2.25.